The van der Waals surface area contributed by atoms with Crippen molar-refractivity contribution in [2.45, 2.75) is 6.92 Å². The van der Waals surface area contributed by atoms with Crippen LogP contribution in [-0.4, -0.2) is 21.3 Å². The molecule has 5 heteroatoms. The van der Waals surface area contributed by atoms with E-state index in [0.29, 0.717) is 11.1 Å². The van der Waals surface area contributed by atoms with Gasteiger partial charge in [0.25, 0.3) is 0 Å². The predicted molar refractivity (Wildman–Crippen MR) is 55.7 cm³/mol. The molecule has 0 amide bonds. The first-order valence-corrected chi connectivity index (χ1v) is 4.60. The van der Waals surface area contributed by atoms with E-state index in [1.165, 1.54) is 10.7 Å². The molecule has 0 aliphatic carbocycles. The Morgan fingerprint density at radius 3 is 3.13 bits per heavy atom. The Kier molecular flexibility index (Phi) is 2.18. The summed E-state index contributed by atoms with van der Waals surface area (Å²) in [5.74, 6) is 0.0579. The summed E-state index contributed by atoms with van der Waals surface area (Å²) < 4.78 is 1.49. The van der Waals surface area contributed by atoms with Crippen molar-refractivity contribution in [3.8, 4) is 11.8 Å². The Morgan fingerprint density at radius 2 is 2.47 bits per heavy atom. The standard InChI is InChI=1S/C10H10N4O/c1-2-12-8-3-9(15)10-7(4-11)5-13-14(10)6-8/h3,5-6,12,15H,2H2,1H3. The molecule has 0 spiro atoms. The number of rotatable bonds is 2. The molecule has 76 valence electrons. The van der Waals surface area contributed by atoms with Crippen LogP contribution in [-0.2, 0) is 0 Å². The van der Waals surface area contributed by atoms with Gasteiger partial charge in [-0.05, 0) is 6.92 Å². The Labute approximate surface area is 86.6 Å². The van der Waals surface area contributed by atoms with Crippen molar-refractivity contribution in [2.75, 3.05) is 11.9 Å². The second-order valence-electron chi connectivity index (χ2n) is 3.11. The summed E-state index contributed by atoms with van der Waals surface area (Å²) in [6, 6.07) is 3.56. The van der Waals surface area contributed by atoms with Crippen LogP contribution in [0, 0.1) is 11.3 Å². The molecule has 0 radical (unpaired) electrons. The van der Waals surface area contributed by atoms with E-state index in [4.69, 9.17) is 5.26 Å². The molecule has 2 rings (SSSR count). The highest BCUT2D eigenvalue weighted by Gasteiger charge is 2.09. The number of aromatic nitrogens is 2. The van der Waals surface area contributed by atoms with Crippen molar-refractivity contribution in [2.24, 2.45) is 0 Å². The summed E-state index contributed by atoms with van der Waals surface area (Å²) in [4.78, 5) is 0. The maximum atomic E-state index is 9.73. The van der Waals surface area contributed by atoms with Gasteiger partial charge in [0.2, 0.25) is 0 Å². The Balaban J connectivity index is 2.65. The molecule has 0 aliphatic heterocycles. The SMILES string of the molecule is CCNc1cc(O)c2c(C#N)cnn2c1. The zero-order valence-electron chi connectivity index (χ0n) is 8.23. The monoisotopic (exact) mass is 202 g/mol. The molecule has 0 saturated heterocycles. The second kappa shape index (κ2) is 3.50. The summed E-state index contributed by atoms with van der Waals surface area (Å²) in [6.07, 6.45) is 3.17. The van der Waals surface area contributed by atoms with Gasteiger partial charge in [-0.2, -0.15) is 10.4 Å². The lowest BCUT2D eigenvalue weighted by Gasteiger charge is -2.05. The number of pyridine rings is 1. The first-order chi connectivity index (χ1) is 7.26. The van der Waals surface area contributed by atoms with Crippen molar-refractivity contribution in [1.82, 2.24) is 9.61 Å². The zero-order valence-corrected chi connectivity index (χ0v) is 8.23. The van der Waals surface area contributed by atoms with Gasteiger partial charge in [0.15, 0.2) is 0 Å². The third-order valence-electron chi connectivity index (χ3n) is 2.09. The van der Waals surface area contributed by atoms with Gasteiger partial charge in [-0.3, -0.25) is 0 Å². The van der Waals surface area contributed by atoms with Gasteiger partial charge in [-0.25, -0.2) is 4.52 Å². The van der Waals surface area contributed by atoms with Crippen molar-refractivity contribution in [3.63, 3.8) is 0 Å². The normalized spacial score (nSPS) is 10.1. The first kappa shape index (κ1) is 9.34. The topological polar surface area (TPSA) is 73.3 Å². The van der Waals surface area contributed by atoms with Gasteiger partial charge in [0, 0.05) is 12.6 Å². The van der Waals surface area contributed by atoms with E-state index in [2.05, 4.69) is 10.4 Å². The zero-order chi connectivity index (χ0) is 10.8. The maximum absolute atomic E-state index is 9.73. The van der Waals surface area contributed by atoms with Gasteiger partial charge in [-0.1, -0.05) is 0 Å². The molecule has 0 saturated carbocycles. The molecule has 0 aliphatic rings. The lowest BCUT2D eigenvalue weighted by Crippen LogP contribution is -1.98. The van der Waals surface area contributed by atoms with E-state index in [9.17, 15) is 5.11 Å². The van der Waals surface area contributed by atoms with Crippen LogP contribution in [0.4, 0.5) is 5.69 Å². The van der Waals surface area contributed by atoms with Gasteiger partial charge >= 0.3 is 0 Å². The molecule has 0 atom stereocenters. The summed E-state index contributed by atoms with van der Waals surface area (Å²) in [6.45, 7) is 2.72. The van der Waals surface area contributed by atoms with Crippen LogP contribution >= 0.6 is 0 Å². The molecule has 0 fully saturated rings. The number of aromatic hydroxyl groups is 1. The van der Waals surface area contributed by atoms with Crippen molar-refractivity contribution in [1.29, 1.82) is 5.26 Å². The van der Waals surface area contributed by atoms with E-state index < -0.39 is 0 Å². The molecule has 2 aromatic heterocycles. The van der Waals surface area contributed by atoms with Gasteiger partial charge in [0.05, 0.1) is 18.1 Å². The molecular weight excluding hydrogens is 192 g/mol. The van der Waals surface area contributed by atoms with E-state index >= 15 is 0 Å². The highest BCUT2D eigenvalue weighted by Crippen LogP contribution is 2.25. The molecule has 0 unspecified atom stereocenters. The molecule has 0 bridgehead atoms. The van der Waals surface area contributed by atoms with Crippen LogP contribution in [0.5, 0.6) is 5.75 Å². The van der Waals surface area contributed by atoms with E-state index in [1.807, 2.05) is 13.0 Å². The Morgan fingerprint density at radius 1 is 1.67 bits per heavy atom. The minimum Gasteiger partial charge on any atom is -0.506 e. The van der Waals surface area contributed by atoms with Crippen molar-refractivity contribution >= 4 is 11.2 Å². The Bertz CT molecular complexity index is 538. The highest BCUT2D eigenvalue weighted by atomic mass is 16.3. The van der Waals surface area contributed by atoms with Crippen LogP contribution in [0.2, 0.25) is 0 Å². The molecule has 15 heavy (non-hydrogen) atoms. The predicted octanol–water partition coefficient (Wildman–Crippen LogP) is 1.34. The minimum atomic E-state index is 0.0579. The fourth-order valence-electron chi connectivity index (χ4n) is 1.48. The Hall–Kier alpha value is -2.22. The van der Waals surface area contributed by atoms with Gasteiger partial charge in [0.1, 0.15) is 22.9 Å². The number of anilines is 1. The number of nitrogens with zero attached hydrogens (tertiary/aromatic N) is 3. The third kappa shape index (κ3) is 1.46. The average molecular weight is 202 g/mol. The quantitative estimate of drug-likeness (QED) is 0.770. The molecule has 5 nitrogen and oxygen atoms in total. The number of hydrogen-bond donors (Lipinski definition) is 2. The van der Waals surface area contributed by atoms with E-state index in [1.54, 1.807) is 12.3 Å². The fraction of sp³-hybridized carbons (Fsp3) is 0.200. The summed E-state index contributed by atoms with van der Waals surface area (Å²) in [5, 5.41) is 25.6. The average Bonchev–Trinajstić information content (AvgIpc) is 2.61. The second-order valence-corrected chi connectivity index (χ2v) is 3.11. The molecule has 0 aromatic carbocycles. The lowest BCUT2D eigenvalue weighted by atomic mass is 10.2. The van der Waals surface area contributed by atoms with Crippen LogP contribution in [0.1, 0.15) is 12.5 Å². The molecule has 2 heterocycles. The minimum absolute atomic E-state index is 0.0579. The van der Waals surface area contributed by atoms with Crippen LogP contribution in [0.3, 0.4) is 0 Å². The van der Waals surface area contributed by atoms with E-state index in [-0.39, 0.29) is 5.75 Å². The largest absolute Gasteiger partial charge is 0.506 e. The summed E-state index contributed by atoms with van der Waals surface area (Å²) in [5.41, 5.74) is 1.59. The summed E-state index contributed by atoms with van der Waals surface area (Å²) in [7, 11) is 0. The number of fused-ring (bicyclic) bond motifs is 1. The van der Waals surface area contributed by atoms with E-state index in [0.717, 1.165) is 12.2 Å². The summed E-state index contributed by atoms with van der Waals surface area (Å²) >= 11 is 0. The molecular formula is C10H10N4O. The van der Waals surface area contributed by atoms with Crippen LogP contribution in [0.15, 0.2) is 18.5 Å². The lowest BCUT2D eigenvalue weighted by molar-refractivity contribution is 0.478. The molecule has 2 aromatic rings. The van der Waals surface area contributed by atoms with Gasteiger partial charge < -0.3 is 10.4 Å². The van der Waals surface area contributed by atoms with Crippen LogP contribution < -0.4 is 5.32 Å². The first-order valence-electron chi connectivity index (χ1n) is 4.60. The maximum Gasteiger partial charge on any atom is 0.144 e. The highest BCUT2D eigenvalue weighted by molar-refractivity contribution is 5.71. The van der Waals surface area contributed by atoms with Gasteiger partial charge in [-0.15, -0.1) is 0 Å². The van der Waals surface area contributed by atoms with Crippen molar-refractivity contribution < 1.29 is 5.11 Å². The smallest absolute Gasteiger partial charge is 0.144 e. The molecule has 2 N–H and O–H groups in total. The fourth-order valence-corrected chi connectivity index (χ4v) is 1.48. The number of hydrogen-bond acceptors (Lipinski definition) is 4. The number of nitriles is 1. The number of nitrogens with one attached hydrogen (secondary N) is 1. The van der Waals surface area contributed by atoms with Crippen molar-refractivity contribution in [3.05, 3.63) is 24.0 Å². The third-order valence-corrected chi connectivity index (χ3v) is 2.09. The van der Waals surface area contributed by atoms with Crippen LogP contribution in [0.25, 0.3) is 5.52 Å².